The molecule has 0 saturated carbocycles. The molecule has 0 aliphatic rings. The highest BCUT2D eigenvalue weighted by molar-refractivity contribution is 6.19. The molecule has 0 saturated heterocycles. The van der Waals surface area contributed by atoms with Crippen molar-refractivity contribution in [2.24, 2.45) is 0 Å². The Balaban J connectivity index is 2.35. The number of amides is 2. The normalized spacial score (nSPS) is 11.3. The van der Waals surface area contributed by atoms with E-state index in [0.29, 0.717) is 4.90 Å². The number of rotatable bonds is 5. The molecule has 0 atom stereocenters. The first-order valence-electron chi connectivity index (χ1n) is 7.55. The van der Waals surface area contributed by atoms with Gasteiger partial charge >= 0.3 is 6.09 Å². The molecule has 8 nitrogen and oxygen atoms in total. The van der Waals surface area contributed by atoms with Gasteiger partial charge in [-0.1, -0.05) is 18.2 Å². The topological polar surface area (TPSA) is 94.8 Å². The second kappa shape index (κ2) is 7.89. The maximum absolute atomic E-state index is 12.8. The number of anilines is 1. The monoisotopic (exact) mass is 369 g/mol. The number of benzene rings is 1. The average Bonchev–Trinajstić information content (AvgIpc) is 3.01. The Hall–Kier alpha value is -3.04. The fourth-order valence-corrected chi connectivity index (χ4v) is 1.84. The third-order valence-corrected chi connectivity index (χ3v) is 2.80. The number of halogens is 2. The van der Waals surface area contributed by atoms with Crippen molar-refractivity contribution in [3.05, 3.63) is 36.0 Å². The number of aromatic nitrogens is 2. The molecule has 10 heteroatoms. The molecule has 2 rings (SSSR count). The molecule has 0 radical (unpaired) electrons. The third kappa shape index (κ3) is 4.98. The molecule has 0 spiro atoms. The van der Waals surface area contributed by atoms with Crippen LogP contribution >= 0.6 is 0 Å². The summed E-state index contributed by atoms with van der Waals surface area (Å²) in [7, 11) is 0. The molecule has 2 amide bonds. The lowest BCUT2D eigenvalue weighted by molar-refractivity contribution is 0.0560. The van der Waals surface area contributed by atoms with E-state index in [4.69, 9.17) is 9.47 Å². The van der Waals surface area contributed by atoms with Gasteiger partial charge in [0, 0.05) is 0 Å². The van der Waals surface area contributed by atoms with Crippen LogP contribution in [-0.4, -0.2) is 40.9 Å². The third-order valence-electron chi connectivity index (χ3n) is 2.80. The van der Waals surface area contributed by atoms with Gasteiger partial charge in [-0.15, -0.1) is 0 Å². The van der Waals surface area contributed by atoms with Gasteiger partial charge in [0.1, 0.15) is 5.60 Å². The van der Waals surface area contributed by atoms with Gasteiger partial charge in [0.05, 0.1) is 5.69 Å². The SMILES string of the molecule is CC(C)(C)OC(=O)N(C(=O)c1nonc1OCC(F)F)c1ccccc1. The van der Waals surface area contributed by atoms with E-state index in [0.717, 1.165) is 0 Å². The van der Waals surface area contributed by atoms with Crippen molar-refractivity contribution in [1.29, 1.82) is 0 Å². The number of carbonyl (C=O) groups excluding carboxylic acids is 2. The van der Waals surface area contributed by atoms with Crippen molar-refractivity contribution >= 4 is 17.7 Å². The summed E-state index contributed by atoms with van der Waals surface area (Å²) in [4.78, 5) is 26.0. The van der Waals surface area contributed by atoms with Crippen LogP contribution in [0.3, 0.4) is 0 Å². The summed E-state index contributed by atoms with van der Waals surface area (Å²) in [6.07, 6.45) is -3.76. The molecule has 0 N–H and O–H groups in total. The smallest absolute Gasteiger partial charge is 0.422 e. The number of carbonyl (C=O) groups is 2. The highest BCUT2D eigenvalue weighted by Gasteiger charge is 2.34. The van der Waals surface area contributed by atoms with Crippen molar-refractivity contribution in [2.75, 3.05) is 11.5 Å². The van der Waals surface area contributed by atoms with Crippen LogP contribution in [0.15, 0.2) is 35.0 Å². The van der Waals surface area contributed by atoms with Gasteiger partial charge in [-0.05, 0) is 43.2 Å². The summed E-state index contributed by atoms with van der Waals surface area (Å²) < 4.78 is 39.0. The van der Waals surface area contributed by atoms with Crippen LogP contribution in [0.25, 0.3) is 0 Å². The average molecular weight is 369 g/mol. The lowest BCUT2D eigenvalue weighted by atomic mass is 10.2. The number of hydrogen-bond donors (Lipinski definition) is 0. The molecule has 2 aromatic rings. The largest absolute Gasteiger partial charge is 0.468 e. The zero-order valence-corrected chi connectivity index (χ0v) is 14.3. The standard InChI is InChI=1S/C16H17F2N3O5/c1-16(2,3)25-15(23)21(10-7-5-4-6-8-10)14(22)12-13(20-26-19-12)24-9-11(17)18/h4-8,11H,9H2,1-3H3. The molecule has 1 aromatic heterocycles. The number of imide groups is 1. The highest BCUT2D eigenvalue weighted by atomic mass is 19.3. The molecular weight excluding hydrogens is 352 g/mol. The minimum absolute atomic E-state index is 0.189. The molecule has 0 unspecified atom stereocenters. The van der Waals surface area contributed by atoms with Crippen LogP contribution < -0.4 is 9.64 Å². The minimum Gasteiger partial charge on any atom is -0.468 e. The van der Waals surface area contributed by atoms with E-state index in [-0.39, 0.29) is 5.69 Å². The molecule has 0 fully saturated rings. The second-order valence-corrected chi connectivity index (χ2v) is 6.08. The number of nitrogens with zero attached hydrogens (tertiary/aromatic N) is 3. The van der Waals surface area contributed by atoms with Crippen LogP contribution in [0, 0.1) is 0 Å². The first-order chi connectivity index (χ1) is 12.2. The minimum atomic E-state index is -2.79. The van der Waals surface area contributed by atoms with Gasteiger partial charge in [-0.25, -0.2) is 23.1 Å². The number of alkyl halides is 2. The zero-order valence-electron chi connectivity index (χ0n) is 14.3. The summed E-state index contributed by atoms with van der Waals surface area (Å²) in [5.41, 5.74) is -1.21. The molecule has 0 aliphatic heterocycles. The molecule has 1 heterocycles. The molecule has 140 valence electrons. The first-order valence-corrected chi connectivity index (χ1v) is 7.55. The number of hydrogen-bond acceptors (Lipinski definition) is 7. The Labute approximate surface area is 147 Å². The first kappa shape index (κ1) is 19.3. The van der Waals surface area contributed by atoms with Gasteiger partial charge in [0.15, 0.2) is 6.61 Å². The van der Waals surface area contributed by atoms with E-state index in [9.17, 15) is 18.4 Å². The Bertz CT molecular complexity index is 759. The number of ether oxygens (including phenoxy) is 2. The van der Waals surface area contributed by atoms with E-state index >= 15 is 0 Å². The molecule has 0 aliphatic carbocycles. The van der Waals surface area contributed by atoms with E-state index < -0.39 is 42.2 Å². The van der Waals surface area contributed by atoms with Crippen LogP contribution in [0.1, 0.15) is 31.3 Å². The van der Waals surface area contributed by atoms with Crippen molar-refractivity contribution < 1.29 is 32.5 Å². The van der Waals surface area contributed by atoms with Crippen LogP contribution in [0.4, 0.5) is 19.3 Å². The predicted octanol–water partition coefficient (Wildman–Crippen LogP) is 3.30. The van der Waals surface area contributed by atoms with Gasteiger partial charge in [0.25, 0.3) is 18.2 Å². The van der Waals surface area contributed by atoms with Gasteiger partial charge in [0.2, 0.25) is 5.69 Å². The molecule has 0 bridgehead atoms. The Kier molecular flexibility index (Phi) is 5.86. The summed E-state index contributed by atoms with van der Waals surface area (Å²) in [5, 5.41) is 6.64. The molecule has 26 heavy (non-hydrogen) atoms. The quantitative estimate of drug-likeness (QED) is 0.798. The van der Waals surface area contributed by atoms with Gasteiger partial charge < -0.3 is 9.47 Å². The number of para-hydroxylation sites is 1. The van der Waals surface area contributed by atoms with E-state index in [1.165, 1.54) is 12.1 Å². The summed E-state index contributed by atoms with van der Waals surface area (Å²) in [6.45, 7) is 3.89. The lowest BCUT2D eigenvalue weighted by Gasteiger charge is -2.25. The Morgan fingerprint density at radius 3 is 2.42 bits per heavy atom. The molecule has 1 aromatic carbocycles. The fraction of sp³-hybridized carbons (Fsp3) is 0.375. The summed E-state index contributed by atoms with van der Waals surface area (Å²) >= 11 is 0. The second-order valence-electron chi connectivity index (χ2n) is 6.08. The summed E-state index contributed by atoms with van der Waals surface area (Å²) in [6, 6.07) is 7.89. The van der Waals surface area contributed by atoms with Gasteiger partial charge in [-0.3, -0.25) is 4.79 Å². The van der Waals surface area contributed by atoms with Crippen LogP contribution in [0.5, 0.6) is 5.88 Å². The van der Waals surface area contributed by atoms with Crippen molar-refractivity contribution in [2.45, 2.75) is 32.8 Å². The fourth-order valence-electron chi connectivity index (χ4n) is 1.84. The zero-order chi connectivity index (χ0) is 19.3. The predicted molar refractivity (Wildman–Crippen MR) is 85.3 cm³/mol. The van der Waals surface area contributed by atoms with E-state index in [2.05, 4.69) is 14.9 Å². The lowest BCUT2D eigenvalue weighted by Crippen LogP contribution is -2.41. The van der Waals surface area contributed by atoms with Crippen molar-refractivity contribution in [3.63, 3.8) is 0 Å². The maximum Gasteiger partial charge on any atom is 0.422 e. The maximum atomic E-state index is 12.8. The van der Waals surface area contributed by atoms with Crippen molar-refractivity contribution in [3.8, 4) is 5.88 Å². The van der Waals surface area contributed by atoms with Gasteiger partial charge in [-0.2, -0.15) is 0 Å². The van der Waals surface area contributed by atoms with Crippen LogP contribution in [-0.2, 0) is 4.74 Å². The van der Waals surface area contributed by atoms with Crippen molar-refractivity contribution in [1.82, 2.24) is 10.3 Å². The van der Waals surface area contributed by atoms with E-state index in [1.807, 2.05) is 0 Å². The van der Waals surface area contributed by atoms with E-state index in [1.54, 1.807) is 39.0 Å². The Morgan fingerprint density at radius 1 is 1.19 bits per heavy atom. The molecular formula is C16H17F2N3O5. The highest BCUT2D eigenvalue weighted by Crippen LogP contribution is 2.23. The summed E-state index contributed by atoms with van der Waals surface area (Å²) in [5.74, 6) is -1.53. The van der Waals surface area contributed by atoms with Crippen LogP contribution in [0.2, 0.25) is 0 Å². The Morgan fingerprint density at radius 2 is 1.85 bits per heavy atom.